The molecule has 2 aliphatic rings. The van der Waals surface area contributed by atoms with Crippen LogP contribution in [0.4, 0.5) is 9.93 Å². The van der Waals surface area contributed by atoms with Gasteiger partial charge in [-0.25, -0.2) is 14.6 Å². The number of aliphatic carboxylic acids is 1. The van der Waals surface area contributed by atoms with Crippen LogP contribution in [0.25, 0.3) is 0 Å². The summed E-state index contributed by atoms with van der Waals surface area (Å²) >= 11 is 2.25. The maximum absolute atomic E-state index is 12.9. The normalized spacial score (nSPS) is 20.3. The number of anilines is 1. The van der Waals surface area contributed by atoms with Gasteiger partial charge in [-0.2, -0.15) is 0 Å². The van der Waals surface area contributed by atoms with Gasteiger partial charge in [0.05, 0.1) is 6.61 Å². The van der Waals surface area contributed by atoms with Gasteiger partial charge < -0.3 is 25.1 Å². The number of thiazole rings is 1. The van der Waals surface area contributed by atoms with Crippen LogP contribution in [-0.4, -0.2) is 86.2 Å². The van der Waals surface area contributed by atoms with E-state index in [1.165, 1.54) is 24.3 Å². The molecule has 0 aromatic carbocycles. The zero-order valence-corrected chi connectivity index (χ0v) is 20.3. The second kappa shape index (κ2) is 9.99. The van der Waals surface area contributed by atoms with Gasteiger partial charge in [0.25, 0.3) is 11.8 Å². The van der Waals surface area contributed by atoms with Gasteiger partial charge in [0.15, 0.2) is 10.8 Å². The van der Waals surface area contributed by atoms with Crippen molar-refractivity contribution in [2.45, 2.75) is 37.8 Å². The average molecular weight is 514 g/mol. The van der Waals surface area contributed by atoms with E-state index in [4.69, 9.17) is 9.57 Å². The second-order valence-corrected chi connectivity index (χ2v) is 10.0. The molecule has 4 N–H and O–H groups in total. The van der Waals surface area contributed by atoms with Crippen molar-refractivity contribution in [2.75, 3.05) is 24.8 Å². The first-order valence-electron chi connectivity index (χ1n) is 9.85. The number of carbonyl (C=O) groups excluding carboxylic acids is 3. The predicted molar refractivity (Wildman–Crippen MR) is 122 cm³/mol. The predicted octanol–water partition coefficient (Wildman–Crippen LogP) is 0.571. The number of fused-ring (bicyclic) bond motifs is 1. The first-order valence-corrected chi connectivity index (χ1v) is 11.8. The number of carboxylic acids is 1. The van der Waals surface area contributed by atoms with Crippen LogP contribution in [-0.2, 0) is 24.0 Å². The minimum Gasteiger partial charge on any atom is -0.477 e. The average Bonchev–Trinajstić information content (AvgIpc) is 3.20. The van der Waals surface area contributed by atoms with Gasteiger partial charge in [0, 0.05) is 11.1 Å². The summed E-state index contributed by atoms with van der Waals surface area (Å²) in [6.07, 6.45) is -0.720. The molecule has 2 aliphatic heterocycles. The lowest BCUT2D eigenvalue weighted by Crippen LogP contribution is -2.71. The van der Waals surface area contributed by atoms with E-state index >= 15 is 0 Å². The Morgan fingerprint density at radius 3 is 2.65 bits per heavy atom. The molecule has 0 bridgehead atoms. The molecule has 1 aromatic rings. The molecule has 15 heteroatoms. The highest BCUT2D eigenvalue weighted by molar-refractivity contribution is 8.00. The Labute approximate surface area is 202 Å². The van der Waals surface area contributed by atoms with Gasteiger partial charge in [0.2, 0.25) is 0 Å². The third-order valence-corrected chi connectivity index (χ3v) is 6.58. The fourth-order valence-electron chi connectivity index (χ4n) is 3.14. The summed E-state index contributed by atoms with van der Waals surface area (Å²) in [5.74, 6) is -2.54. The molecule has 0 aliphatic carbocycles. The van der Waals surface area contributed by atoms with Crippen molar-refractivity contribution >= 4 is 57.8 Å². The van der Waals surface area contributed by atoms with Crippen LogP contribution >= 0.6 is 23.1 Å². The van der Waals surface area contributed by atoms with Crippen LogP contribution < -0.4 is 10.6 Å². The highest BCUT2D eigenvalue weighted by Gasteiger charge is 2.54. The minimum absolute atomic E-state index is 0.0871. The van der Waals surface area contributed by atoms with Crippen molar-refractivity contribution in [1.82, 2.24) is 15.2 Å². The lowest BCUT2D eigenvalue weighted by atomic mass is 10.0. The summed E-state index contributed by atoms with van der Waals surface area (Å²) in [7, 11) is 1.23. The fourth-order valence-corrected chi connectivity index (χ4v) is 5.16. The van der Waals surface area contributed by atoms with E-state index in [-0.39, 0.29) is 33.6 Å². The summed E-state index contributed by atoms with van der Waals surface area (Å²) in [4.78, 5) is 59.0. The van der Waals surface area contributed by atoms with E-state index in [9.17, 15) is 29.4 Å². The molecule has 0 spiro atoms. The number of hydrogen-bond donors (Lipinski definition) is 4. The minimum atomic E-state index is -1.33. The third-order valence-electron chi connectivity index (χ3n) is 4.48. The molecular formula is C19H23N5O8S2. The number of thioether (sulfide) groups is 1. The Morgan fingerprint density at radius 2 is 2.06 bits per heavy atom. The fraction of sp³-hybridized carbons (Fsp3) is 0.474. The Balaban J connectivity index is 1.72. The zero-order valence-electron chi connectivity index (χ0n) is 18.6. The van der Waals surface area contributed by atoms with Crippen molar-refractivity contribution in [2.24, 2.45) is 5.16 Å². The summed E-state index contributed by atoms with van der Waals surface area (Å²) in [6.45, 7) is 4.64. The Hall–Kier alpha value is -3.17. The highest BCUT2D eigenvalue weighted by Crippen LogP contribution is 2.40. The maximum atomic E-state index is 12.9. The number of nitrogens with zero attached hydrogens (tertiary/aromatic N) is 3. The number of nitrogens with one attached hydrogen (secondary N) is 2. The molecule has 34 heavy (non-hydrogen) atoms. The molecule has 3 heterocycles. The van der Waals surface area contributed by atoms with E-state index < -0.39 is 47.5 Å². The Bertz CT molecular complexity index is 1080. The van der Waals surface area contributed by atoms with Crippen molar-refractivity contribution in [3.8, 4) is 0 Å². The van der Waals surface area contributed by atoms with E-state index in [1.807, 2.05) is 0 Å². The molecule has 0 radical (unpaired) electrons. The number of rotatable bonds is 7. The van der Waals surface area contributed by atoms with Crippen molar-refractivity contribution in [1.29, 1.82) is 0 Å². The molecular weight excluding hydrogens is 490 g/mol. The number of aromatic nitrogens is 1. The second-order valence-electron chi connectivity index (χ2n) is 8.06. The molecule has 1 fully saturated rings. The summed E-state index contributed by atoms with van der Waals surface area (Å²) < 4.78 is 5.16. The van der Waals surface area contributed by atoms with Crippen molar-refractivity contribution in [3.05, 3.63) is 22.3 Å². The van der Waals surface area contributed by atoms with Crippen LogP contribution in [0.2, 0.25) is 0 Å². The molecule has 13 nitrogen and oxygen atoms in total. The lowest BCUT2D eigenvalue weighted by Gasteiger charge is -2.49. The number of amides is 3. The molecule has 3 rings (SSSR count). The number of hydrogen-bond acceptors (Lipinski definition) is 11. The first-order chi connectivity index (χ1) is 16.0. The molecule has 1 aromatic heterocycles. The standard InChI is InChI=1S/C19H23N5O8S2/c1-19(2,3)32-18(30)22-17-20-9(7-34-17)10(23-31-4)13(26)21-11-14(27)24-12(16(28)29)8(5-25)6-33-15(11)24/h7,11,15,25H,5-6H2,1-4H3,(H,21,26)(H,28,29)(H,20,22,30)/b23-10+/t11-,15-/m1/s1. The Kier molecular flexibility index (Phi) is 7.48. The van der Waals surface area contributed by atoms with E-state index in [1.54, 1.807) is 20.8 Å². The molecule has 0 unspecified atom stereocenters. The van der Waals surface area contributed by atoms with Gasteiger partial charge in [-0.1, -0.05) is 5.16 Å². The molecule has 0 saturated carbocycles. The molecule has 184 valence electrons. The van der Waals surface area contributed by atoms with Gasteiger partial charge in [0.1, 0.15) is 35.5 Å². The maximum Gasteiger partial charge on any atom is 0.413 e. The number of β-lactam (4-membered cyclic amide) rings is 1. The van der Waals surface area contributed by atoms with E-state index in [2.05, 4.69) is 20.8 Å². The number of oxime groups is 1. The first kappa shape index (κ1) is 25.5. The number of carbonyl (C=O) groups is 4. The third kappa shape index (κ3) is 5.31. The molecule has 2 atom stereocenters. The SMILES string of the molecule is CO/N=C(/C(=O)N[C@@H]1C(=O)N2C(C(=O)O)=C(CO)CS[C@H]12)c1csc(NC(=O)OC(C)(C)C)n1. The number of carboxylic acid groups (broad SMARTS) is 1. The molecule has 3 amide bonds. The quantitative estimate of drug-likeness (QED) is 0.229. The van der Waals surface area contributed by atoms with Crippen molar-refractivity contribution in [3.63, 3.8) is 0 Å². The highest BCUT2D eigenvalue weighted by atomic mass is 32.2. The van der Waals surface area contributed by atoms with Crippen LogP contribution in [0.1, 0.15) is 26.5 Å². The van der Waals surface area contributed by atoms with Gasteiger partial charge in [-0.05, 0) is 26.3 Å². The summed E-state index contributed by atoms with van der Waals surface area (Å²) in [5, 5.41) is 28.5. The number of aliphatic hydroxyl groups excluding tert-OH is 1. The lowest BCUT2D eigenvalue weighted by molar-refractivity contribution is -0.150. The summed E-state index contributed by atoms with van der Waals surface area (Å²) in [5.41, 5.74) is -0.913. The summed E-state index contributed by atoms with van der Waals surface area (Å²) in [6, 6.07) is -1.01. The number of ether oxygens (including phenoxy) is 1. The van der Waals surface area contributed by atoms with Crippen LogP contribution in [0.15, 0.2) is 21.8 Å². The van der Waals surface area contributed by atoms with E-state index in [0.717, 1.165) is 16.2 Å². The van der Waals surface area contributed by atoms with E-state index in [0.29, 0.717) is 0 Å². The van der Waals surface area contributed by atoms with Gasteiger partial charge in [-0.15, -0.1) is 23.1 Å². The van der Waals surface area contributed by atoms with Crippen LogP contribution in [0.5, 0.6) is 0 Å². The monoisotopic (exact) mass is 513 g/mol. The van der Waals surface area contributed by atoms with Crippen LogP contribution in [0, 0.1) is 0 Å². The molecule has 1 saturated heterocycles. The topological polar surface area (TPSA) is 180 Å². The largest absolute Gasteiger partial charge is 0.477 e. The van der Waals surface area contributed by atoms with Crippen molar-refractivity contribution < 1.29 is 39.0 Å². The van der Waals surface area contributed by atoms with Gasteiger partial charge in [-0.3, -0.25) is 19.8 Å². The zero-order chi connectivity index (χ0) is 25.2. The van der Waals surface area contributed by atoms with Gasteiger partial charge >= 0.3 is 12.1 Å². The smallest absolute Gasteiger partial charge is 0.413 e. The van der Waals surface area contributed by atoms with Crippen LogP contribution in [0.3, 0.4) is 0 Å². The Morgan fingerprint density at radius 1 is 1.35 bits per heavy atom. The number of aliphatic hydroxyl groups is 1.